The van der Waals surface area contributed by atoms with Crippen molar-refractivity contribution in [3.63, 3.8) is 0 Å². The molecular weight excluding hydrogens is 402 g/mol. The number of hydrogen-bond donors (Lipinski definition) is 2. The molecule has 0 saturated carbocycles. The summed E-state index contributed by atoms with van der Waals surface area (Å²) in [5, 5.41) is 18.6. The molecule has 0 aromatic heterocycles. The third kappa shape index (κ3) is 4.26. The summed E-state index contributed by atoms with van der Waals surface area (Å²) >= 11 is 4.43. The van der Waals surface area contributed by atoms with Crippen LogP contribution in [-0.4, -0.2) is 47.8 Å². The van der Waals surface area contributed by atoms with E-state index >= 15 is 0 Å². The van der Waals surface area contributed by atoms with Gasteiger partial charge in [-0.25, -0.2) is 0 Å². The van der Waals surface area contributed by atoms with Gasteiger partial charge in [0.25, 0.3) is 0 Å². The van der Waals surface area contributed by atoms with Gasteiger partial charge in [0.1, 0.15) is 5.25 Å². The summed E-state index contributed by atoms with van der Waals surface area (Å²) < 4.78 is 11.3. The Balaban J connectivity index is 2.18. The van der Waals surface area contributed by atoms with Gasteiger partial charge in [-0.05, 0) is 28.1 Å². The highest BCUT2D eigenvalue weighted by atomic mass is 79.9. The number of hydrogen-bond acceptors (Lipinski definition) is 7. The fraction of sp³-hybridized carbons (Fsp3) is 0.286. The zero-order valence-corrected chi connectivity index (χ0v) is 15.2. The van der Waals surface area contributed by atoms with Gasteiger partial charge < -0.3 is 19.9 Å². The molecule has 2 rings (SSSR count). The topological polar surface area (TPSA) is 110 Å². The van der Waals surface area contributed by atoms with Crippen LogP contribution >= 0.6 is 27.7 Å². The second-order valence-corrected chi connectivity index (χ2v) is 6.59. The molecule has 1 aliphatic heterocycles. The zero-order valence-electron chi connectivity index (χ0n) is 12.8. The number of ether oxygens (including phenoxy) is 2. The number of carbonyl (C=O) groups is 2. The number of carboxylic acid groups (broad SMARTS) is 1. The molecule has 1 aromatic rings. The van der Waals surface area contributed by atoms with Crippen molar-refractivity contribution in [1.82, 2.24) is 5.32 Å². The molecule has 1 aliphatic rings. The second kappa shape index (κ2) is 8.15. The largest absolute Gasteiger partial charge is 0.493 e. The van der Waals surface area contributed by atoms with E-state index in [2.05, 4.69) is 31.4 Å². The summed E-state index contributed by atoms with van der Waals surface area (Å²) in [5.74, 6) is -0.406. The van der Waals surface area contributed by atoms with Gasteiger partial charge in [-0.2, -0.15) is 5.10 Å². The number of carbonyl (C=O) groups excluding carboxylic acids is 1. The Morgan fingerprint density at radius 3 is 2.83 bits per heavy atom. The molecule has 0 bridgehead atoms. The van der Waals surface area contributed by atoms with Crippen LogP contribution in [-0.2, 0) is 9.59 Å². The quantitative estimate of drug-likeness (QED) is 0.541. The van der Waals surface area contributed by atoms with Crippen molar-refractivity contribution in [1.29, 1.82) is 0 Å². The van der Waals surface area contributed by atoms with Gasteiger partial charge in [0.2, 0.25) is 5.91 Å². The maximum absolute atomic E-state index is 11.6. The highest BCUT2D eigenvalue weighted by Crippen LogP contribution is 2.34. The van der Waals surface area contributed by atoms with Crippen LogP contribution in [0.1, 0.15) is 12.0 Å². The molecule has 0 spiro atoms. The third-order valence-corrected chi connectivity index (χ3v) is 4.77. The molecule has 128 valence electrons. The molecule has 0 radical (unpaired) electrons. The number of methoxy groups -OCH3 is 2. The first-order valence-corrected chi connectivity index (χ1v) is 8.34. The molecule has 8 nitrogen and oxygen atoms in total. The highest BCUT2D eigenvalue weighted by molar-refractivity contribution is 9.10. The lowest BCUT2D eigenvalue weighted by Crippen LogP contribution is -2.26. The highest BCUT2D eigenvalue weighted by Gasteiger charge is 2.32. The summed E-state index contributed by atoms with van der Waals surface area (Å²) in [4.78, 5) is 22.3. The average Bonchev–Trinajstić information content (AvgIpc) is 2.87. The maximum Gasteiger partial charge on any atom is 0.305 e. The molecule has 2 N–H and O–H groups in total. The Kier molecular flexibility index (Phi) is 6.21. The Bertz CT molecular complexity index is 723. The summed E-state index contributed by atoms with van der Waals surface area (Å²) in [6.45, 7) is 0. The Labute approximate surface area is 150 Å². The minimum atomic E-state index is -1.04. The third-order valence-electron chi connectivity index (χ3n) is 3.00. The summed E-state index contributed by atoms with van der Waals surface area (Å²) in [6.07, 6.45) is 1.18. The molecule has 1 saturated heterocycles. The van der Waals surface area contributed by atoms with Gasteiger partial charge in [0.05, 0.1) is 32.4 Å². The average molecular weight is 416 g/mol. The molecule has 1 unspecified atom stereocenters. The molecule has 0 aliphatic carbocycles. The van der Waals surface area contributed by atoms with Crippen molar-refractivity contribution in [2.24, 2.45) is 10.2 Å². The summed E-state index contributed by atoms with van der Waals surface area (Å²) in [7, 11) is 3.04. The molecule has 1 amide bonds. The Hall–Kier alpha value is -2.07. The smallest absolute Gasteiger partial charge is 0.305 e. The van der Waals surface area contributed by atoms with Crippen LogP contribution in [0.4, 0.5) is 0 Å². The van der Waals surface area contributed by atoms with E-state index in [1.54, 1.807) is 12.1 Å². The molecule has 1 aromatic carbocycles. The van der Waals surface area contributed by atoms with Crippen molar-refractivity contribution >= 4 is 51.0 Å². The van der Waals surface area contributed by atoms with Crippen LogP contribution in [0.3, 0.4) is 0 Å². The van der Waals surface area contributed by atoms with E-state index in [4.69, 9.17) is 14.6 Å². The van der Waals surface area contributed by atoms with Gasteiger partial charge in [-0.3, -0.25) is 9.59 Å². The number of halogens is 1. The number of thioether (sulfide) groups is 1. The fourth-order valence-electron chi connectivity index (χ4n) is 1.93. The molecule has 24 heavy (non-hydrogen) atoms. The fourth-order valence-corrected chi connectivity index (χ4v) is 3.26. The van der Waals surface area contributed by atoms with Crippen LogP contribution in [0.5, 0.6) is 11.5 Å². The number of nitrogens with one attached hydrogen (secondary N) is 1. The van der Waals surface area contributed by atoms with Gasteiger partial charge >= 0.3 is 5.97 Å². The van der Waals surface area contributed by atoms with E-state index in [0.717, 1.165) is 16.2 Å². The van der Waals surface area contributed by atoms with Gasteiger partial charge in [0.15, 0.2) is 16.7 Å². The lowest BCUT2D eigenvalue weighted by Gasteiger charge is -2.11. The number of amides is 1. The Morgan fingerprint density at radius 2 is 2.21 bits per heavy atom. The minimum absolute atomic E-state index is 0.250. The number of amidine groups is 1. The number of nitrogens with zero attached hydrogens (tertiary/aromatic N) is 2. The SMILES string of the molecule is COc1ccc(Br)c(C=NN=C2NC(=O)C(CC(=O)O)S2)c1OC. The first kappa shape index (κ1) is 18.3. The van der Waals surface area contributed by atoms with Crippen LogP contribution in [0.25, 0.3) is 0 Å². The van der Waals surface area contributed by atoms with E-state index in [1.807, 2.05) is 0 Å². The van der Waals surface area contributed by atoms with Crippen molar-refractivity contribution in [3.8, 4) is 11.5 Å². The summed E-state index contributed by atoms with van der Waals surface area (Å²) in [5.41, 5.74) is 0.623. The van der Waals surface area contributed by atoms with E-state index in [0.29, 0.717) is 17.1 Å². The zero-order chi connectivity index (χ0) is 17.7. The van der Waals surface area contributed by atoms with Gasteiger partial charge in [-0.15, -0.1) is 5.10 Å². The Morgan fingerprint density at radius 1 is 1.46 bits per heavy atom. The van der Waals surface area contributed by atoms with Crippen LogP contribution in [0.2, 0.25) is 0 Å². The molecule has 1 atom stereocenters. The van der Waals surface area contributed by atoms with Crippen molar-refractivity contribution in [2.75, 3.05) is 14.2 Å². The van der Waals surface area contributed by atoms with E-state index in [-0.39, 0.29) is 11.6 Å². The molecule has 10 heteroatoms. The lowest BCUT2D eigenvalue weighted by atomic mass is 10.2. The van der Waals surface area contributed by atoms with Crippen LogP contribution in [0, 0.1) is 0 Å². The predicted octanol–water partition coefficient (Wildman–Crippen LogP) is 1.86. The van der Waals surface area contributed by atoms with E-state index in [1.165, 1.54) is 20.4 Å². The molecular formula is C14H14BrN3O5S. The van der Waals surface area contributed by atoms with Crippen molar-refractivity contribution in [3.05, 3.63) is 22.2 Å². The maximum atomic E-state index is 11.6. The second-order valence-electron chi connectivity index (χ2n) is 4.54. The number of carboxylic acids is 1. The minimum Gasteiger partial charge on any atom is -0.493 e. The normalized spacial score (nSPS) is 18.9. The number of benzene rings is 1. The van der Waals surface area contributed by atoms with Crippen molar-refractivity contribution < 1.29 is 24.2 Å². The van der Waals surface area contributed by atoms with E-state index < -0.39 is 17.1 Å². The van der Waals surface area contributed by atoms with Crippen molar-refractivity contribution in [2.45, 2.75) is 11.7 Å². The molecule has 1 heterocycles. The number of rotatable bonds is 6. The van der Waals surface area contributed by atoms with Crippen LogP contribution < -0.4 is 14.8 Å². The molecule has 1 fully saturated rings. The number of aliphatic carboxylic acids is 1. The standard InChI is InChI=1S/C14H14BrN3O5S/c1-22-9-4-3-8(15)7(12(9)23-2)6-16-18-14-17-13(21)10(24-14)5-11(19)20/h3-4,6,10H,5H2,1-2H3,(H,19,20)(H,17,18,21). The monoisotopic (exact) mass is 415 g/mol. The van der Waals surface area contributed by atoms with E-state index in [9.17, 15) is 9.59 Å². The van der Waals surface area contributed by atoms with Gasteiger partial charge in [-0.1, -0.05) is 11.8 Å². The lowest BCUT2D eigenvalue weighted by molar-refractivity contribution is -0.138. The summed E-state index contributed by atoms with van der Waals surface area (Å²) in [6, 6.07) is 3.53. The first-order chi connectivity index (χ1) is 11.5. The van der Waals surface area contributed by atoms with Gasteiger partial charge in [0, 0.05) is 4.47 Å². The first-order valence-electron chi connectivity index (χ1n) is 6.67. The van der Waals surface area contributed by atoms with Crippen LogP contribution in [0.15, 0.2) is 26.8 Å². The predicted molar refractivity (Wildman–Crippen MR) is 94.0 cm³/mol.